The van der Waals surface area contributed by atoms with Crippen LogP contribution in [0.5, 0.6) is 0 Å². The first-order chi connectivity index (χ1) is 38.9. The Hall–Kier alpha value is -2.98. The number of rotatable bonds is 24. The van der Waals surface area contributed by atoms with Crippen LogP contribution in [0.3, 0.4) is 0 Å². The van der Waals surface area contributed by atoms with E-state index < -0.39 is 23.3 Å². The Morgan fingerprint density at radius 1 is 0.904 bits per heavy atom. The van der Waals surface area contributed by atoms with Crippen LogP contribution < -0.4 is 5.32 Å². The molecule has 1 heterocycles. The number of alkyl carbamates (subject to hydrolysis) is 1. The van der Waals surface area contributed by atoms with Gasteiger partial charge >= 0.3 is 6.09 Å². The molecule has 0 bridgehead atoms. The van der Waals surface area contributed by atoms with Gasteiger partial charge in [0, 0.05) is 65.3 Å². The highest BCUT2D eigenvalue weighted by Gasteiger charge is 2.38. The summed E-state index contributed by atoms with van der Waals surface area (Å²) in [6.07, 6.45) is 17.7. The van der Waals surface area contributed by atoms with Gasteiger partial charge in [-0.15, -0.1) is 29.3 Å². The van der Waals surface area contributed by atoms with Crippen LogP contribution >= 0.6 is 58.0 Å². The molecule has 10 nitrogen and oxygen atoms in total. The number of allylic oxidation sites excluding steroid dienone is 3. The molecule has 0 aliphatic heterocycles. The molecule has 0 saturated carbocycles. The number of thiocarbonyl (C=S) groups is 1. The number of fused-ring (bicyclic) bond motifs is 5. The first-order valence-electron chi connectivity index (χ1n) is 30.6. The number of amides is 1. The molecule has 2 atom stereocenters. The lowest BCUT2D eigenvalue weighted by atomic mass is 9.70. The number of benzene rings is 2. The van der Waals surface area contributed by atoms with Crippen LogP contribution in [0.4, 0.5) is 4.79 Å². The lowest BCUT2D eigenvalue weighted by Crippen LogP contribution is -2.40. The number of aliphatic hydroxyl groups is 1. The summed E-state index contributed by atoms with van der Waals surface area (Å²) in [7, 11) is 3.69. The van der Waals surface area contributed by atoms with E-state index in [9.17, 15) is 9.59 Å². The predicted molar refractivity (Wildman–Crippen MR) is 373 cm³/mol. The lowest BCUT2D eigenvalue weighted by Gasteiger charge is -2.36. The Morgan fingerprint density at radius 2 is 1.49 bits per heavy atom. The molecule has 2 aliphatic rings. The van der Waals surface area contributed by atoms with Gasteiger partial charge in [0.2, 0.25) is 0 Å². The summed E-state index contributed by atoms with van der Waals surface area (Å²) in [5.41, 5.74) is 6.02. The van der Waals surface area contributed by atoms with E-state index in [1.54, 1.807) is 0 Å². The number of halogens is 1. The minimum absolute atomic E-state index is 0.123. The minimum atomic E-state index is -0.916. The van der Waals surface area contributed by atoms with Crippen LogP contribution in [0.2, 0.25) is 0 Å². The number of carbonyl (C=O) groups is 2. The van der Waals surface area contributed by atoms with Crippen molar-refractivity contribution in [2.45, 2.75) is 244 Å². The van der Waals surface area contributed by atoms with Gasteiger partial charge in [0.15, 0.2) is 5.78 Å². The van der Waals surface area contributed by atoms with Gasteiger partial charge in [-0.2, -0.15) is 0 Å². The van der Waals surface area contributed by atoms with E-state index >= 15 is 0 Å². The SMILES string of the molecule is CC.CC.CC(=N)CCCSSC(C)(C)CCO.CC(C)CCCNC(=O)OC1Cc2ccccc2-c2nnn(C(C)(C)CCOC(C)(C)C(=O)CC(C)(C)CC(C)C(C)(C)C)c2-c2ccccc21.CCC.CCl.S=C(S)C1=CCCC=C1. The van der Waals surface area contributed by atoms with Crippen molar-refractivity contribution in [2.24, 2.45) is 22.7 Å². The number of hydrogen-bond donors (Lipinski definition) is 4. The van der Waals surface area contributed by atoms with E-state index in [1.807, 2.05) is 111 Å². The van der Waals surface area contributed by atoms with Gasteiger partial charge in [-0.25, -0.2) is 9.48 Å². The molecule has 2 unspecified atom stereocenters. The molecular formula is C68H116ClN5O5S4. The maximum Gasteiger partial charge on any atom is 0.407 e. The average Bonchev–Trinajstić information content (AvgIpc) is 3.31. The summed E-state index contributed by atoms with van der Waals surface area (Å²) in [4.78, 5) is 26.7. The molecule has 2 aliphatic carbocycles. The zero-order chi connectivity index (χ0) is 64.2. The number of carbonyl (C=O) groups excluding carboxylic acids is 2. The third kappa shape index (κ3) is 32.5. The average molecular weight is 1250 g/mol. The van der Waals surface area contributed by atoms with E-state index in [0.717, 1.165) is 102 Å². The first-order valence-corrected chi connectivity index (χ1v) is 34.5. The second-order valence-electron chi connectivity index (χ2n) is 24.8. The number of aliphatic hydroxyl groups excluding tert-OH is 1. The number of alkyl halides is 1. The quantitative estimate of drug-likeness (QED) is 0.0171. The number of ether oxygens (including phenoxy) is 2. The predicted octanol–water partition coefficient (Wildman–Crippen LogP) is 20.5. The van der Waals surface area contributed by atoms with E-state index in [-0.39, 0.29) is 28.0 Å². The summed E-state index contributed by atoms with van der Waals surface area (Å²) in [5, 5.41) is 28.6. The number of thiol groups is 1. The maximum absolute atomic E-state index is 13.6. The second-order valence-corrected chi connectivity index (χ2v) is 29.1. The van der Waals surface area contributed by atoms with Gasteiger partial charge in [0.25, 0.3) is 0 Å². The van der Waals surface area contributed by atoms with Gasteiger partial charge in [-0.05, 0) is 140 Å². The van der Waals surface area contributed by atoms with Crippen LogP contribution in [0.1, 0.15) is 233 Å². The maximum atomic E-state index is 13.6. The van der Waals surface area contributed by atoms with Crippen molar-refractivity contribution in [3.63, 3.8) is 0 Å². The Labute approximate surface area is 531 Å². The van der Waals surface area contributed by atoms with Gasteiger partial charge in [0.1, 0.15) is 17.4 Å². The summed E-state index contributed by atoms with van der Waals surface area (Å²) in [6.45, 7) is 45.5. The van der Waals surface area contributed by atoms with Crippen LogP contribution in [0.15, 0.2) is 72.3 Å². The zero-order valence-corrected chi connectivity index (χ0v) is 60.0. The van der Waals surface area contributed by atoms with Gasteiger partial charge in [-0.1, -0.05) is 209 Å². The van der Waals surface area contributed by atoms with Gasteiger partial charge in [0.05, 0.1) is 22.0 Å². The number of nitrogens with one attached hydrogen (secondary N) is 2. The minimum Gasteiger partial charge on any atom is -0.441 e. The number of hydrogen-bond acceptors (Lipinski definition) is 11. The van der Waals surface area contributed by atoms with Crippen LogP contribution in [-0.2, 0) is 26.2 Å². The van der Waals surface area contributed by atoms with Crippen LogP contribution in [-0.4, -0.2) is 84.1 Å². The molecule has 0 saturated heterocycles. The van der Waals surface area contributed by atoms with Crippen LogP contribution in [0, 0.1) is 28.1 Å². The van der Waals surface area contributed by atoms with E-state index in [4.69, 9.17) is 42.5 Å². The molecule has 2 aromatic carbocycles. The van der Waals surface area contributed by atoms with E-state index in [2.05, 4.69) is 157 Å². The first kappa shape index (κ1) is 82.1. The van der Waals surface area contributed by atoms with Crippen molar-refractivity contribution in [3.05, 3.63) is 83.5 Å². The summed E-state index contributed by atoms with van der Waals surface area (Å²) in [6, 6.07) is 16.3. The van der Waals surface area contributed by atoms with Crippen LogP contribution in [0.25, 0.3) is 22.5 Å². The number of nitrogens with zero attached hydrogens (tertiary/aromatic N) is 3. The fourth-order valence-corrected chi connectivity index (χ4v) is 11.6. The highest BCUT2D eigenvalue weighted by molar-refractivity contribution is 8.77. The standard InChI is InChI=1S/C43H64N4O4.C10H21NOS2.C7H8S2.C3H8.2C2H6.CH3Cl/c1-29(2)18-17-24-44-39(49)51-35-26-31-19-13-14-20-32(31)37-38(34-22-16-15-21-33(34)35)47(46-45-37)42(9,10)23-25-50-43(11,12)36(48)28-41(7,8)27-30(3)40(4,5)6;1-9(11)5-4-8-13-14-10(2,3)6-7-12;8-7(9)6-4-2-1-3-5-6;1-3-2;3*1-2/h13-16,19-22,29-30,35H,17-18,23-28H2,1-12H3,(H,44,49);11-12H,4-8H2,1-3H3;2,4-5H,1,3H2,(H,8,9);3H2,1-2H3;2*1-2H3;1H3. The Balaban J connectivity index is 0. The summed E-state index contributed by atoms with van der Waals surface area (Å²) >= 11 is 13.6. The molecule has 1 aromatic heterocycles. The molecule has 0 radical (unpaired) electrons. The Bertz CT molecular complexity index is 2370. The van der Waals surface area contributed by atoms with Crippen molar-refractivity contribution in [1.29, 1.82) is 5.41 Å². The van der Waals surface area contributed by atoms with E-state index in [1.165, 1.54) is 12.8 Å². The number of Topliss-reactive ketones (excluding diaryl/α,β-unsaturated/α-hetero) is 1. The summed E-state index contributed by atoms with van der Waals surface area (Å²) < 4.78 is 15.4. The molecule has 0 fully saturated rings. The fourth-order valence-electron chi connectivity index (χ4n) is 8.62. The molecule has 83 heavy (non-hydrogen) atoms. The lowest BCUT2D eigenvalue weighted by molar-refractivity contribution is -0.143. The van der Waals surface area contributed by atoms with Crippen molar-refractivity contribution in [1.82, 2.24) is 20.3 Å². The second kappa shape index (κ2) is 42.8. The molecule has 1 amide bonds. The normalized spacial score (nSPS) is 13.9. The van der Waals surface area contributed by atoms with Crippen molar-refractivity contribution in [3.8, 4) is 22.5 Å². The number of aromatic nitrogens is 3. The van der Waals surface area contributed by atoms with Gasteiger partial charge in [-0.3, -0.25) is 4.79 Å². The monoisotopic (exact) mass is 1250 g/mol. The molecule has 474 valence electrons. The molecular weight excluding hydrogens is 1130 g/mol. The van der Waals surface area contributed by atoms with Crippen molar-refractivity contribution in [2.75, 3.05) is 31.9 Å². The topological polar surface area (TPSA) is 139 Å². The third-order valence-electron chi connectivity index (χ3n) is 13.8. The molecule has 15 heteroatoms. The summed E-state index contributed by atoms with van der Waals surface area (Å²) in [5.74, 6) is 2.29. The smallest absolute Gasteiger partial charge is 0.407 e. The number of ketones is 1. The highest BCUT2D eigenvalue weighted by Crippen LogP contribution is 2.44. The largest absolute Gasteiger partial charge is 0.441 e. The Kier molecular flexibility index (Phi) is 42.3. The molecule has 5 rings (SSSR count). The highest BCUT2D eigenvalue weighted by atomic mass is 35.5. The zero-order valence-electron chi connectivity index (χ0n) is 55.9. The molecule has 3 aromatic rings. The fraction of sp³-hybridized carbons (Fsp3) is 0.676. The van der Waals surface area contributed by atoms with E-state index in [0.29, 0.717) is 48.4 Å². The third-order valence-corrected chi connectivity index (χ3v) is 17.7. The van der Waals surface area contributed by atoms with Gasteiger partial charge < -0.3 is 25.3 Å². The Morgan fingerprint density at radius 3 is 2.02 bits per heavy atom. The molecule has 3 N–H and O–H groups in total. The molecule has 0 spiro atoms. The van der Waals surface area contributed by atoms with Crippen molar-refractivity contribution >= 4 is 79.8 Å². The van der Waals surface area contributed by atoms with Crippen molar-refractivity contribution < 1.29 is 24.2 Å².